The van der Waals surface area contributed by atoms with Gasteiger partial charge in [0.15, 0.2) is 0 Å². The molecule has 12 heavy (non-hydrogen) atoms. The van der Waals surface area contributed by atoms with Crippen molar-refractivity contribution in [1.82, 2.24) is 10.3 Å². The van der Waals surface area contributed by atoms with Gasteiger partial charge in [0.2, 0.25) is 0 Å². The van der Waals surface area contributed by atoms with E-state index in [1.807, 2.05) is 0 Å². The molecule has 2 nitrogen and oxygen atoms in total. The van der Waals surface area contributed by atoms with Crippen LogP contribution in [-0.2, 0) is 6.42 Å². The van der Waals surface area contributed by atoms with Crippen LogP contribution in [0, 0.1) is 0 Å². The number of hydrogen-bond acceptors (Lipinski definition) is 1. The molecule has 0 saturated carbocycles. The maximum absolute atomic E-state index is 3.51. The number of aromatic amines is 1. The maximum atomic E-state index is 3.51. The Morgan fingerprint density at radius 2 is 2.58 bits per heavy atom. The van der Waals surface area contributed by atoms with Crippen molar-refractivity contribution in [2.24, 2.45) is 0 Å². The first kappa shape index (κ1) is 7.87. The lowest BCUT2D eigenvalue weighted by Gasteiger charge is -2.22. The SMILES string of the molecule is CCNC1CCCc2[nH]ccc21. The highest BCUT2D eigenvalue weighted by molar-refractivity contribution is 5.26. The van der Waals surface area contributed by atoms with E-state index < -0.39 is 0 Å². The molecule has 1 aromatic heterocycles. The lowest BCUT2D eigenvalue weighted by molar-refractivity contribution is 0.470. The number of rotatable bonds is 2. The van der Waals surface area contributed by atoms with Crippen LogP contribution >= 0.6 is 0 Å². The molecule has 0 bridgehead atoms. The zero-order valence-electron chi connectivity index (χ0n) is 7.56. The molecule has 66 valence electrons. The van der Waals surface area contributed by atoms with E-state index in [0.717, 1.165) is 6.54 Å². The van der Waals surface area contributed by atoms with Gasteiger partial charge in [-0.3, -0.25) is 0 Å². The van der Waals surface area contributed by atoms with Gasteiger partial charge in [-0.1, -0.05) is 6.92 Å². The number of fused-ring (bicyclic) bond motifs is 1. The second kappa shape index (κ2) is 3.31. The average Bonchev–Trinajstić information content (AvgIpc) is 2.53. The highest BCUT2D eigenvalue weighted by Gasteiger charge is 2.19. The minimum absolute atomic E-state index is 0.602. The molecule has 0 aliphatic heterocycles. The summed E-state index contributed by atoms with van der Waals surface area (Å²) in [7, 11) is 0. The number of hydrogen-bond donors (Lipinski definition) is 2. The Bertz CT molecular complexity index is 252. The molecule has 0 radical (unpaired) electrons. The monoisotopic (exact) mass is 164 g/mol. The summed E-state index contributed by atoms with van der Waals surface area (Å²) in [5.41, 5.74) is 2.93. The maximum Gasteiger partial charge on any atom is 0.0338 e. The average molecular weight is 164 g/mol. The minimum Gasteiger partial charge on any atom is -0.365 e. The van der Waals surface area contributed by atoms with Crippen molar-refractivity contribution in [2.45, 2.75) is 32.2 Å². The van der Waals surface area contributed by atoms with Crippen LogP contribution < -0.4 is 5.32 Å². The van der Waals surface area contributed by atoms with Crippen molar-refractivity contribution in [3.8, 4) is 0 Å². The highest BCUT2D eigenvalue weighted by Crippen LogP contribution is 2.28. The van der Waals surface area contributed by atoms with Gasteiger partial charge in [0.25, 0.3) is 0 Å². The second-order valence-corrected chi connectivity index (χ2v) is 3.41. The van der Waals surface area contributed by atoms with Crippen molar-refractivity contribution in [3.63, 3.8) is 0 Å². The minimum atomic E-state index is 0.602. The van der Waals surface area contributed by atoms with Crippen molar-refractivity contribution < 1.29 is 0 Å². The van der Waals surface area contributed by atoms with Crippen molar-refractivity contribution >= 4 is 0 Å². The topological polar surface area (TPSA) is 27.8 Å². The molecule has 2 N–H and O–H groups in total. The fraction of sp³-hybridized carbons (Fsp3) is 0.600. The van der Waals surface area contributed by atoms with Gasteiger partial charge in [-0.15, -0.1) is 0 Å². The molecule has 0 aromatic carbocycles. The van der Waals surface area contributed by atoms with Gasteiger partial charge >= 0.3 is 0 Å². The fourth-order valence-corrected chi connectivity index (χ4v) is 2.06. The van der Waals surface area contributed by atoms with Gasteiger partial charge in [-0.2, -0.15) is 0 Å². The lowest BCUT2D eigenvalue weighted by atomic mass is 9.93. The van der Waals surface area contributed by atoms with Gasteiger partial charge in [0.05, 0.1) is 0 Å². The molecule has 0 spiro atoms. The van der Waals surface area contributed by atoms with E-state index in [2.05, 4.69) is 29.5 Å². The Balaban J connectivity index is 2.19. The molecule has 1 heterocycles. The van der Waals surface area contributed by atoms with Crippen LogP contribution in [0.25, 0.3) is 0 Å². The Labute approximate surface area is 73.4 Å². The highest BCUT2D eigenvalue weighted by atomic mass is 14.9. The number of aromatic nitrogens is 1. The zero-order valence-corrected chi connectivity index (χ0v) is 7.56. The summed E-state index contributed by atoms with van der Waals surface area (Å²) in [5, 5.41) is 3.51. The first-order chi connectivity index (χ1) is 5.92. The molecule has 2 rings (SSSR count). The molecule has 0 amide bonds. The molecule has 1 atom stereocenters. The lowest BCUT2D eigenvalue weighted by Crippen LogP contribution is -2.24. The van der Waals surface area contributed by atoms with E-state index in [4.69, 9.17) is 0 Å². The molecular weight excluding hydrogens is 148 g/mol. The largest absolute Gasteiger partial charge is 0.365 e. The quantitative estimate of drug-likeness (QED) is 0.687. The second-order valence-electron chi connectivity index (χ2n) is 3.41. The summed E-state index contributed by atoms with van der Waals surface area (Å²) in [6, 6.07) is 2.81. The Morgan fingerprint density at radius 1 is 1.67 bits per heavy atom. The number of aryl methyl sites for hydroxylation is 1. The molecule has 1 aromatic rings. The first-order valence-corrected chi connectivity index (χ1v) is 4.81. The summed E-state index contributed by atoms with van der Waals surface area (Å²) in [6.07, 6.45) is 5.88. The van der Waals surface area contributed by atoms with E-state index >= 15 is 0 Å². The van der Waals surface area contributed by atoms with Crippen molar-refractivity contribution in [3.05, 3.63) is 23.5 Å². The van der Waals surface area contributed by atoms with Crippen LogP contribution in [0.1, 0.15) is 37.1 Å². The van der Waals surface area contributed by atoms with Gasteiger partial charge < -0.3 is 10.3 Å². The Kier molecular flexibility index (Phi) is 2.17. The Morgan fingerprint density at radius 3 is 3.42 bits per heavy atom. The van der Waals surface area contributed by atoms with Gasteiger partial charge in [-0.25, -0.2) is 0 Å². The predicted octanol–water partition coefficient (Wildman–Crippen LogP) is 2.00. The van der Waals surface area contributed by atoms with Gasteiger partial charge in [0.1, 0.15) is 0 Å². The van der Waals surface area contributed by atoms with E-state index in [1.165, 1.54) is 30.5 Å². The van der Waals surface area contributed by atoms with Crippen LogP contribution in [0.2, 0.25) is 0 Å². The molecule has 0 fully saturated rings. The molecule has 1 aliphatic carbocycles. The summed E-state index contributed by atoms with van der Waals surface area (Å²) in [6.45, 7) is 3.23. The van der Waals surface area contributed by atoms with Crippen LogP contribution in [-0.4, -0.2) is 11.5 Å². The van der Waals surface area contributed by atoms with E-state index in [1.54, 1.807) is 0 Å². The molecule has 1 unspecified atom stereocenters. The Hall–Kier alpha value is -0.760. The van der Waals surface area contributed by atoms with Gasteiger partial charge in [0, 0.05) is 17.9 Å². The van der Waals surface area contributed by atoms with Crippen LogP contribution in [0.3, 0.4) is 0 Å². The third kappa shape index (κ3) is 1.27. The summed E-state index contributed by atoms with van der Waals surface area (Å²) in [4.78, 5) is 3.31. The van der Waals surface area contributed by atoms with Crippen molar-refractivity contribution in [1.29, 1.82) is 0 Å². The van der Waals surface area contributed by atoms with Crippen LogP contribution in [0.5, 0.6) is 0 Å². The number of H-pyrrole nitrogens is 1. The zero-order chi connectivity index (χ0) is 8.39. The van der Waals surface area contributed by atoms with E-state index in [0.29, 0.717) is 6.04 Å². The van der Waals surface area contributed by atoms with Crippen LogP contribution in [0.15, 0.2) is 12.3 Å². The summed E-state index contributed by atoms with van der Waals surface area (Å²) < 4.78 is 0. The van der Waals surface area contributed by atoms with Gasteiger partial charge in [-0.05, 0) is 37.4 Å². The smallest absolute Gasteiger partial charge is 0.0338 e. The third-order valence-electron chi connectivity index (χ3n) is 2.61. The molecule has 2 heteroatoms. The molecule has 0 saturated heterocycles. The predicted molar refractivity (Wildman–Crippen MR) is 50.1 cm³/mol. The normalized spacial score (nSPS) is 22.2. The van der Waals surface area contributed by atoms with Crippen LogP contribution in [0.4, 0.5) is 0 Å². The molecular formula is C10H16N2. The standard InChI is InChI=1S/C10H16N2/c1-2-11-9-4-3-5-10-8(9)6-7-12-10/h6-7,9,11-12H,2-5H2,1H3. The number of nitrogens with one attached hydrogen (secondary N) is 2. The summed E-state index contributed by atoms with van der Waals surface area (Å²) >= 11 is 0. The first-order valence-electron chi connectivity index (χ1n) is 4.81. The molecule has 1 aliphatic rings. The fourth-order valence-electron chi connectivity index (χ4n) is 2.06. The third-order valence-corrected chi connectivity index (χ3v) is 2.61. The van der Waals surface area contributed by atoms with Crippen molar-refractivity contribution in [2.75, 3.05) is 6.54 Å². The van der Waals surface area contributed by atoms with E-state index in [9.17, 15) is 0 Å². The summed E-state index contributed by atoms with van der Waals surface area (Å²) in [5.74, 6) is 0. The van der Waals surface area contributed by atoms with E-state index in [-0.39, 0.29) is 0 Å².